The monoisotopic (exact) mass is 338 g/mol. The van der Waals surface area contributed by atoms with Crippen LogP contribution in [0.5, 0.6) is 0 Å². The third kappa shape index (κ3) is 10.6. The molecule has 0 heterocycles. The van der Waals surface area contributed by atoms with Crippen LogP contribution in [-0.2, 0) is 19.0 Å². The van der Waals surface area contributed by atoms with Crippen molar-refractivity contribution in [2.45, 2.75) is 58.7 Å². The van der Waals surface area contributed by atoms with Gasteiger partial charge in [-0.25, -0.2) is 4.79 Å². The van der Waals surface area contributed by atoms with Crippen molar-refractivity contribution >= 4 is 12.1 Å². The molecule has 0 aliphatic heterocycles. The predicted molar refractivity (Wildman–Crippen MR) is 94.6 cm³/mol. The Morgan fingerprint density at radius 3 is 2.33 bits per heavy atom. The fourth-order valence-corrected chi connectivity index (χ4v) is 2.13. The van der Waals surface area contributed by atoms with E-state index >= 15 is 0 Å². The van der Waals surface area contributed by atoms with Gasteiger partial charge in [-0.2, -0.15) is 0 Å². The summed E-state index contributed by atoms with van der Waals surface area (Å²) in [5.41, 5.74) is 0. The van der Waals surface area contributed by atoms with Crippen LogP contribution in [-0.4, -0.2) is 30.9 Å². The molecule has 0 saturated heterocycles. The van der Waals surface area contributed by atoms with Crippen molar-refractivity contribution < 1.29 is 23.8 Å². The average molecular weight is 338 g/mol. The molecule has 5 nitrogen and oxygen atoms in total. The summed E-state index contributed by atoms with van der Waals surface area (Å²) in [6.07, 6.45) is 8.15. The number of rotatable bonds is 12. The van der Waals surface area contributed by atoms with Crippen LogP contribution in [0.1, 0.15) is 46.5 Å². The van der Waals surface area contributed by atoms with E-state index in [0.717, 1.165) is 6.42 Å². The van der Waals surface area contributed by atoms with E-state index in [2.05, 4.69) is 13.2 Å². The van der Waals surface area contributed by atoms with Gasteiger partial charge in [0.05, 0.1) is 5.92 Å². The lowest BCUT2D eigenvalue weighted by Crippen LogP contribution is -2.27. The number of ether oxygens (including phenoxy) is 3. The lowest BCUT2D eigenvalue weighted by molar-refractivity contribution is -0.154. The van der Waals surface area contributed by atoms with Crippen LogP contribution in [0.4, 0.5) is 4.79 Å². The normalized spacial score (nSPS) is 14.5. The topological polar surface area (TPSA) is 61.8 Å². The molecule has 24 heavy (non-hydrogen) atoms. The van der Waals surface area contributed by atoms with Gasteiger partial charge in [-0.15, -0.1) is 6.58 Å². The number of hydrogen-bond acceptors (Lipinski definition) is 5. The van der Waals surface area contributed by atoms with E-state index in [1.54, 1.807) is 19.9 Å². The Labute approximate surface area is 145 Å². The van der Waals surface area contributed by atoms with Gasteiger partial charge in [0, 0.05) is 6.42 Å². The fraction of sp³-hybridized carbons (Fsp3) is 0.579. The molecule has 0 aromatic carbocycles. The maximum Gasteiger partial charge on any atom is 0.508 e. The van der Waals surface area contributed by atoms with Crippen molar-refractivity contribution in [1.29, 1.82) is 0 Å². The average Bonchev–Trinajstić information content (AvgIpc) is 2.52. The van der Waals surface area contributed by atoms with Gasteiger partial charge in [0.15, 0.2) is 0 Å². The predicted octanol–water partition coefficient (Wildman–Crippen LogP) is 4.58. The lowest BCUT2D eigenvalue weighted by atomic mass is 9.99. The molecule has 0 N–H and O–H groups in total. The van der Waals surface area contributed by atoms with Crippen molar-refractivity contribution in [3.63, 3.8) is 0 Å². The van der Waals surface area contributed by atoms with E-state index in [9.17, 15) is 9.59 Å². The number of esters is 1. The van der Waals surface area contributed by atoms with Crippen LogP contribution >= 0.6 is 0 Å². The smallest absolute Gasteiger partial charge is 0.462 e. The van der Waals surface area contributed by atoms with Gasteiger partial charge in [0.2, 0.25) is 0 Å². The van der Waals surface area contributed by atoms with E-state index in [0.29, 0.717) is 19.3 Å². The van der Waals surface area contributed by atoms with Crippen molar-refractivity contribution in [3.8, 4) is 0 Å². The lowest BCUT2D eigenvalue weighted by Gasteiger charge is -2.21. The first kappa shape index (κ1) is 22.0. The summed E-state index contributed by atoms with van der Waals surface area (Å²) in [7, 11) is 0. The second-order valence-corrected chi connectivity index (χ2v) is 5.63. The fourth-order valence-electron chi connectivity index (χ4n) is 2.13. The van der Waals surface area contributed by atoms with Gasteiger partial charge in [0.25, 0.3) is 0 Å². The van der Waals surface area contributed by atoms with E-state index in [1.165, 1.54) is 6.08 Å². The Balaban J connectivity index is 4.35. The summed E-state index contributed by atoms with van der Waals surface area (Å²) in [5, 5.41) is 0. The van der Waals surface area contributed by atoms with E-state index in [-0.39, 0.29) is 24.6 Å². The largest absolute Gasteiger partial charge is 0.508 e. The standard InChI is InChI=1S/C19H30O5/c1-6-9-11-17(12-10-7-2)18(20)23-15(4)14-16(5)24-19(21)22-13-8-3/h6-8,10,15-17H,1,3,9,11-14H2,2,4-5H3/b10-7+/t15-,16-,17?/m1/s1. The molecule has 3 atom stereocenters. The highest BCUT2D eigenvalue weighted by molar-refractivity contribution is 5.72. The van der Waals surface area contributed by atoms with Crippen LogP contribution in [0.3, 0.4) is 0 Å². The minimum absolute atomic E-state index is 0.103. The minimum atomic E-state index is -0.752. The number of carbonyl (C=O) groups is 2. The molecule has 0 fully saturated rings. The Bertz CT molecular complexity index is 427. The number of carbonyl (C=O) groups excluding carboxylic acids is 2. The zero-order chi connectivity index (χ0) is 18.4. The molecule has 0 rings (SSSR count). The first-order chi connectivity index (χ1) is 11.4. The maximum atomic E-state index is 12.3. The van der Waals surface area contributed by atoms with Crippen molar-refractivity contribution in [2.24, 2.45) is 5.92 Å². The molecule has 0 bridgehead atoms. The quantitative estimate of drug-likeness (QED) is 0.385. The molecule has 136 valence electrons. The summed E-state index contributed by atoms with van der Waals surface area (Å²) < 4.78 is 15.3. The van der Waals surface area contributed by atoms with Crippen molar-refractivity contribution in [3.05, 3.63) is 37.5 Å². The van der Waals surface area contributed by atoms with Gasteiger partial charge in [-0.3, -0.25) is 4.79 Å². The van der Waals surface area contributed by atoms with Gasteiger partial charge in [-0.05, 0) is 40.0 Å². The van der Waals surface area contributed by atoms with E-state index in [1.807, 2.05) is 19.1 Å². The first-order valence-corrected chi connectivity index (χ1v) is 8.31. The molecule has 0 radical (unpaired) electrons. The molecule has 1 unspecified atom stereocenters. The maximum absolute atomic E-state index is 12.3. The summed E-state index contributed by atoms with van der Waals surface area (Å²) >= 11 is 0. The van der Waals surface area contributed by atoms with Gasteiger partial charge < -0.3 is 14.2 Å². The molecule has 0 aromatic heterocycles. The third-order valence-electron chi connectivity index (χ3n) is 3.31. The third-order valence-corrected chi connectivity index (χ3v) is 3.31. The van der Waals surface area contributed by atoms with Gasteiger partial charge in [-0.1, -0.05) is 30.9 Å². The van der Waals surface area contributed by atoms with Crippen LogP contribution in [0.2, 0.25) is 0 Å². The molecular weight excluding hydrogens is 308 g/mol. The van der Waals surface area contributed by atoms with Gasteiger partial charge >= 0.3 is 12.1 Å². The Kier molecular flexibility index (Phi) is 12.3. The van der Waals surface area contributed by atoms with Crippen LogP contribution in [0.25, 0.3) is 0 Å². The molecule has 0 amide bonds. The summed E-state index contributed by atoms with van der Waals surface area (Å²) in [4.78, 5) is 23.6. The van der Waals surface area contributed by atoms with Crippen molar-refractivity contribution in [2.75, 3.05) is 6.61 Å². The summed E-state index contributed by atoms with van der Waals surface area (Å²) in [6.45, 7) is 12.7. The number of allylic oxidation sites excluding steroid dienone is 3. The Morgan fingerprint density at radius 2 is 1.75 bits per heavy atom. The zero-order valence-electron chi connectivity index (χ0n) is 15.0. The zero-order valence-corrected chi connectivity index (χ0v) is 15.0. The Hall–Kier alpha value is -2.04. The van der Waals surface area contributed by atoms with E-state index < -0.39 is 12.3 Å². The minimum Gasteiger partial charge on any atom is -0.462 e. The molecular formula is C19H30O5. The van der Waals surface area contributed by atoms with Gasteiger partial charge in [0.1, 0.15) is 18.8 Å². The summed E-state index contributed by atoms with van der Waals surface area (Å²) in [5.74, 6) is -0.417. The van der Waals surface area contributed by atoms with Crippen molar-refractivity contribution in [1.82, 2.24) is 0 Å². The van der Waals surface area contributed by atoms with Crippen LogP contribution < -0.4 is 0 Å². The highest BCUT2D eigenvalue weighted by Gasteiger charge is 2.22. The first-order valence-electron chi connectivity index (χ1n) is 8.31. The Morgan fingerprint density at radius 1 is 1.08 bits per heavy atom. The highest BCUT2D eigenvalue weighted by atomic mass is 16.7. The molecule has 5 heteroatoms. The van der Waals surface area contributed by atoms with Crippen LogP contribution in [0, 0.1) is 5.92 Å². The summed E-state index contributed by atoms with van der Waals surface area (Å²) in [6, 6.07) is 0. The second-order valence-electron chi connectivity index (χ2n) is 5.63. The molecule has 0 aliphatic rings. The molecule has 0 spiro atoms. The second kappa shape index (κ2) is 13.4. The number of hydrogen-bond donors (Lipinski definition) is 0. The van der Waals surface area contributed by atoms with E-state index in [4.69, 9.17) is 14.2 Å². The van der Waals surface area contributed by atoms with Crippen LogP contribution in [0.15, 0.2) is 37.5 Å². The SMILES string of the molecule is C=CCCC(C/C=C/C)C(=O)O[C@H](C)C[C@@H](C)OC(=O)OCC=C. The molecule has 0 aromatic rings. The molecule has 0 aliphatic carbocycles. The molecule has 0 saturated carbocycles. The highest BCUT2D eigenvalue weighted by Crippen LogP contribution is 2.17.